The smallest absolute Gasteiger partial charge is 0.193 e. The van der Waals surface area contributed by atoms with Crippen LogP contribution in [0.1, 0.15) is 34.8 Å². The Labute approximate surface area is 118 Å². The van der Waals surface area contributed by atoms with Crippen LogP contribution in [0.2, 0.25) is 0 Å². The summed E-state index contributed by atoms with van der Waals surface area (Å²) in [5, 5.41) is 0. The van der Waals surface area contributed by atoms with Crippen molar-refractivity contribution in [2.45, 2.75) is 20.3 Å². The molecule has 0 aliphatic heterocycles. The number of rotatable bonds is 5. The van der Waals surface area contributed by atoms with Crippen molar-refractivity contribution in [2.75, 3.05) is 6.61 Å². The Morgan fingerprint density at radius 1 is 1.15 bits per heavy atom. The summed E-state index contributed by atoms with van der Waals surface area (Å²) in [5.74, 6) is 0.311. The number of hydrogen-bond donors (Lipinski definition) is 0. The van der Waals surface area contributed by atoms with Gasteiger partial charge in [-0.2, -0.15) is 0 Å². The SMILES string of the molecule is CCCOc1ccc(C(=O)c2ccc(F)cc2C)cc1. The summed E-state index contributed by atoms with van der Waals surface area (Å²) in [6.07, 6.45) is 0.940. The average molecular weight is 272 g/mol. The highest BCUT2D eigenvalue weighted by atomic mass is 19.1. The van der Waals surface area contributed by atoms with Crippen molar-refractivity contribution in [3.8, 4) is 5.75 Å². The zero-order valence-corrected chi connectivity index (χ0v) is 11.7. The summed E-state index contributed by atoms with van der Waals surface area (Å²) in [5.41, 5.74) is 1.73. The molecule has 2 aromatic carbocycles. The molecule has 0 atom stereocenters. The molecule has 2 nitrogen and oxygen atoms in total. The Balaban J connectivity index is 2.20. The monoisotopic (exact) mass is 272 g/mol. The number of benzene rings is 2. The third kappa shape index (κ3) is 3.23. The Kier molecular flexibility index (Phi) is 4.51. The van der Waals surface area contributed by atoms with Gasteiger partial charge in [-0.1, -0.05) is 6.92 Å². The second-order valence-corrected chi connectivity index (χ2v) is 4.66. The molecule has 0 spiro atoms. The summed E-state index contributed by atoms with van der Waals surface area (Å²) in [4.78, 5) is 12.3. The van der Waals surface area contributed by atoms with Gasteiger partial charge in [0.15, 0.2) is 5.78 Å². The van der Waals surface area contributed by atoms with Crippen molar-refractivity contribution in [2.24, 2.45) is 0 Å². The fourth-order valence-electron chi connectivity index (χ4n) is 1.96. The fourth-order valence-corrected chi connectivity index (χ4v) is 1.96. The second kappa shape index (κ2) is 6.33. The molecule has 0 aliphatic carbocycles. The Bertz CT molecular complexity index is 603. The van der Waals surface area contributed by atoms with E-state index in [4.69, 9.17) is 4.74 Å². The standard InChI is InChI=1S/C17H17FO2/c1-3-10-20-15-7-4-13(5-8-15)17(19)16-9-6-14(18)11-12(16)2/h4-9,11H,3,10H2,1-2H3. The molecular weight excluding hydrogens is 255 g/mol. The van der Waals surface area contributed by atoms with Gasteiger partial charge in [-0.25, -0.2) is 4.39 Å². The average Bonchev–Trinajstić information content (AvgIpc) is 2.45. The molecule has 20 heavy (non-hydrogen) atoms. The molecule has 0 saturated heterocycles. The van der Waals surface area contributed by atoms with Crippen LogP contribution < -0.4 is 4.74 Å². The summed E-state index contributed by atoms with van der Waals surface area (Å²) in [6.45, 7) is 4.43. The maximum absolute atomic E-state index is 13.1. The molecule has 0 aliphatic rings. The lowest BCUT2D eigenvalue weighted by atomic mass is 9.99. The molecule has 2 rings (SSSR count). The minimum Gasteiger partial charge on any atom is -0.494 e. The Morgan fingerprint density at radius 2 is 1.85 bits per heavy atom. The van der Waals surface area contributed by atoms with Crippen LogP contribution in [-0.4, -0.2) is 12.4 Å². The summed E-state index contributed by atoms with van der Waals surface area (Å²) in [6, 6.07) is 11.2. The van der Waals surface area contributed by atoms with E-state index in [9.17, 15) is 9.18 Å². The van der Waals surface area contributed by atoms with Crippen LogP contribution in [0.25, 0.3) is 0 Å². The topological polar surface area (TPSA) is 26.3 Å². The molecular formula is C17H17FO2. The summed E-state index contributed by atoms with van der Waals surface area (Å²) < 4.78 is 18.5. The van der Waals surface area contributed by atoms with Crippen LogP contribution in [-0.2, 0) is 0 Å². The quantitative estimate of drug-likeness (QED) is 0.764. The van der Waals surface area contributed by atoms with Gasteiger partial charge < -0.3 is 4.74 Å². The summed E-state index contributed by atoms with van der Waals surface area (Å²) >= 11 is 0. The normalized spacial score (nSPS) is 10.3. The van der Waals surface area contributed by atoms with Crippen LogP contribution in [0.5, 0.6) is 5.75 Å². The van der Waals surface area contributed by atoms with E-state index in [1.807, 2.05) is 6.92 Å². The largest absolute Gasteiger partial charge is 0.494 e. The van der Waals surface area contributed by atoms with Crippen LogP contribution in [0.15, 0.2) is 42.5 Å². The van der Waals surface area contributed by atoms with Crippen molar-refractivity contribution in [1.82, 2.24) is 0 Å². The molecule has 3 heteroatoms. The van der Waals surface area contributed by atoms with Gasteiger partial charge >= 0.3 is 0 Å². The van der Waals surface area contributed by atoms with Crippen LogP contribution in [0, 0.1) is 12.7 Å². The van der Waals surface area contributed by atoms with Crippen molar-refractivity contribution < 1.29 is 13.9 Å². The van der Waals surface area contributed by atoms with Gasteiger partial charge in [-0.05, 0) is 61.4 Å². The lowest BCUT2D eigenvalue weighted by Crippen LogP contribution is -2.04. The van der Waals surface area contributed by atoms with E-state index >= 15 is 0 Å². The van der Waals surface area contributed by atoms with E-state index in [-0.39, 0.29) is 11.6 Å². The lowest BCUT2D eigenvalue weighted by Gasteiger charge is -2.07. The van der Waals surface area contributed by atoms with Crippen molar-refractivity contribution in [1.29, 1.82) is 0 Å². The number of carbonyl (C=O) groups excluding carboxylic acids is 1. The zero-order valence-electron chi connectivity index (χ0n) is 11.7. The van der Waals surface area contributed by atoms with Crippen molar-refractivity contribution in [3.05, 3.63) is 65.0 Å². The van der Waals surface area contributed by atoms with Crippen molar-refractivity contribution in [3.63, 3.8) is 0 Å². The number of carbonyl (C=O) groups is 1. The van der Waals surface area contributed by atoms with E-state index in [1.54, 1.807) is 31.2 Å². The number of aryl methyl sites for hydroxylation is 1. The predicted octanol–water partition coefficient (Wildman–Crippen LogP) is 4.15. The molecule has 0 radical (unpaired) electrons. The van der Waals surface area contributed by atoms with Gasteiger partial charge in [-0.3, -0.25) is 4.79 Å². The van der Waals surface area contributed by atoms with E-state index in [0.717, 1.165) is 12.2 Å². The Morgan fingerprint density at radius 3 is 2.45 bits per heavy atom. The van der Waals surface area contributed by atoms with Gasteiger partial charge in [0.1, 0.15) is 11.6 Å². The number of halogens is 1. The van der Waals surface area contributed by atoms with E-state index < -0.39 is 0 Å². The van der Waals surface area contributed by atoms with Gasteiger partial charge in [0.05, 0.1) is 6.61 Å². The van der Waals surface area contributed by atoms with Gasteiger partial charge in [-0.15, -0.1) is 0 Å². The van der Waals surface area contributed by atoms with E-state index in [2.05, 4.69) is 0 Å². The third-order valence-electron chi connectivity index (χ3n) is 3.02. The zero-order chi connectivity index (χ0) is 14.5. The number of ether oxygens (including phenoxy) is 1. The number of ketones is 1. The molecule has 0 amide bonds. The third-order valence-corrected chi connectivity index (χ3v) is 3.02. The van der Waals surface area contributed by atoms with Gasteiger partial charge in [0, 0.05) is 11.1 Å². The van der Waals surface area contributed by atoms with Crippen molar-refractivity contribution >= 4 is 5.78 Å². The summed E-state index contributed by atoms with van der Waals surface area (Å²) in [7, 11) is 0. The maximum Gasteiger partial charge on any atom is 0.193 e. The first kappa shape index (κ1) is 14.3. The minimum absolute atomic E-state index is 0.107. The van der Waals surface area contributed by atoms with E-state index in [0.29, 0.717) is 23.3 Å². The minimum atomic E-state index is -0.331. The molecule has 0 bridgehead atoms. The second-order valence-electron chi connectivity index (χ2n) is 4.66. The molecule has 104 valence electrons. The molecule has 0 saturated carbocycles. The molecule has 0 N–H and O–H groups in total. The highest BCUT2D eigenvalue weighted by Crippen LogP contribution is 2.18. The molecule has 0 unspecified atom stereocenters. The van der Waals surface area contributed by atoms with Crippen LogP contribution in [0.3, 0.4) is 0 Å². The van der Waals surface area contributed by atoms with Gasteiger partial charge in [0.25, 0.3) is 0 Å². The number of hydrogen-bond acceptors (Lipinski definition) is 2. The van der Waals surface area contributed by atoms with Crippen LogP contribution in [0.4, 0.5) is 4.39 Å². The van der Waals surface area contributed by atoms with E-state index in [1.165, 1.54) is 18.2 Å². The molecule has 2 aromatic rings. The molecule has 0 heterocycles. The highest BCUT2D eigenvalue weighted by molar-refractivity contribution is 6.09. The predicted molar refractivity (Wildman–Crippen MR) is 76.8 cm³/mol. The van der Waals surface area contributed by atoms with Gasteiger partial charge in [0.2, 0.25) is 0 Å². The molecule has 0 aromatic heterocycles. The fraction of sp³-hybridized carbons (Fsp3) is 0.235. The Hall–Kier alpha value is -2.16. The first-order valence-electron chi connectivity index (χ1n) is 6.65. The molecule has 0 fully saturated rings. The first-order valence-corrected chi connectivity index (χ1v) is 6.65. The maximum atomic E-state index is 13.1. The van der Waals surface area contributed by atoms with Crippen LogP contribution >= 0.6 is 0 Å². The highest BCUT2D eigenvalue weighted by Gasteiger charge is 2.12. The first-order chi connectivity index (χ1) is 9.61. The lowest BCUT2D eigenvalue weighted by molar-refractivity contribution is 0.103.